The minimum atomic E-state index is -1.29. The third-order valence-electron chi connectivity index (χ3n) is 2.98. The monoisotopic (exact) mass is 273 g/mol. The van der Waals surface area contributed by atoms with Crippen molar-refractivity contribution in [2.75, 3.05) is 19.8 Å². The molecule has 1 aliphatic rings. The highest BCUT2D eigenvalue weighted by Crippen LogP contribution is 2.28. The minimum absolute atomic E-state index is 0.0155. The number of carbonyl (C=O) groups excluding carboxylic acids is 1. The zero-order chi connectivity index (χ0) is 14.7. The summed E-state index contributed by atoms with van der Waals surface area (Å²) in [5.74, 6) is -1.04. The average molecular weight is 273 g/mol. The molecule has 1 unspecified atom stereocenters. The zero-order valence-corrected chi connectivity index (χ0v) is 12.1. The van der Waals surface area contributed by atoms with E-state index in [0.29, 0.717) is 26.0 Å². The molecule has 0 aromatic heterocycles. The highest BCUT2D eigenvalue weighted by molar-refractivity contribution is 5.85. The molecule has 1 N–H and O–H groups in total. The van der Waals surface area contributed by atoms with Crippen molar-refractivity contribution in [2.45, 2.75) is 51.7 Å². The van der Waals surface area contributed by atoms with Crippen molar-refractivity contribution in [2.24, 2.45) is 0 Å². The van der Waals surface area contributed by atoms with Crippen LogP contribution < -0.4 is 0 Å². The Morgan fingerprint density at radius 1 is 1.42 bits per heavy atom. The van der Waals surface area contributed by atoms with E-state index in [2.05, 4.69) is 0 Å². The number of rotatable bonds is 4. The summed E-state index contributed by atoms with van der Waals surface area (Å²) in [5, 5.41) is 9.48. The van der Waals surface area contributed by atoms with Crippen LogP contribution in [-0.2, 0) is 14.3 Å². The Labute approximate surface area is 113 Å². The van der Waals surface area contributed by atoms with Gasteiger partial charge in [-0.15, -0.1) is 0 Å². The second-order valence-electron chi connectivity index (χ2n) is 5.77. The molecule has 1 rings (SSSR count). The van der Waals surface area contributed by atoms with Crippen LogP contribution in [0.5, 0.6) is 0 Å². The van der Waals surface area contributed by atoms with Crippen molar-refractivity contribution >= 4 is 12.1 Å². The van der Waals surface area contributed by atoms with Gasteiger partial charge in [-0.25, -0.2) is 9.59 Å². The molecule has 1 saturated heterocycles. The van der Waals surface area contributed by atoms with Crippen molar-refractivity contribution in [3.05, 3.63) is 0 Å². The Morgan fingerprint density at radius 2 is 2.05 bits per heavy atom. The summed E-state index contributed by atoms with van der Waals surface area (Å²) >= 11 is 0. The van der Waals surface area contributed by atoms with E-state index in [4.69, 9.17) is 9.47 Å². The first kappa shape index (κ1) is 15.8. The molecule has 0 aromatic carbocycles. The average Bonchev–Trinajstić information content (AvgIpc) is 2.73. The molecule has 1 fully saturated rings. The molecule has 0 spiro atoms. The number of carboxylic acid groups (broad SMARTS) is 1. The van der Waals surface area contributed by atoms with Crippen LogP contribution in [0.3, 0.4) is 0 Å². The van der Waals surface area contributed by atoms with Crippen molar-refractivity contribution in [1.82, 2.24) is 4.90 Å². The summed E-state index contributed by atoms with van der Waals surface area (Å²) in [5.41, 5.74) is -1.94. The molecule has 0 bridgehead atoms. The van der Waals surface area contributed by atoms with E-state index in [0.717, 1.165) is 0 Å². The number of ether oxygens (including phenoxy) is 2. The van der Waals surface area contributed by atoms with Crippen LogP contribution in [0.15, 0.2) is 0 Å². The van der Waals surface area contributed by atoms with E-state index in [-0.39, 0.29) is 6.61 Å². The van der Waals surface area contributed by atoms with Crippen molar-refractivity contribution < 1.29 is 24.2 Å². The van der Waals surface area contributed by atoms with E-state index in [9.17, 15) is 14.7 Å². The molecule has 1 atom stereocenters. The second-order valence-corrected chi connectivity index (χ2v) is 5.77. The maximum Gasteiger partial charge on any atom is 0.411 e. The lowest BCUT2D eigenvalue weighted by molar-refractivity contribution is -0.151. The summed E-state index contributed by atoms with van der Waals surface area (Å²) < 4.78 is 10.5. The molecule has 6 nitrogen and oxygen atoms in total. The maximum atomic E-state index is 12.2. The number of carbonyl (C=O) groups is 2. The predicted molar refractivity (Wildman–Crippen MR) is 69.0 cm³/mol. The molecular weight excluding hydrogens is 250 g/mol. The van der Waals surface area contributed by atoms with Gasteiger partial charge in [-0.05, 0) is 27.2 Å². The Balaban J connectivity index is 2.98. The first-order valence-electron chi connectivity index (χ1n) is 6.55. The molecular formula is C13H23NO5. The quantitative estimate of drug-likeness (QED) is 0.846. The number of nitrogens with zero attached hydrogens (tertiary/aromatic N) is 1. The fourth-order valence-electron chi connectivity index (χ4n) is 2.07. The van der Waals surface area contributed by atoms with Gasteiger partial charge in [-0.3, -0.25) is 4.90 Å². The highest BCUT2D eigenvalue weighted by Gasteiger charge is 2.50. The van der Waals surface area contributed by atoms with Crippen LogP contribution in [0, 0.1) is 0 Å². The largest absolute Gasteiger partial charge is 0.479 e. The van der Waals surface area contributed by atoms with Gasteiger partial charge in [-0.2, -0.15) is 0 Å². The van der Waals surface area contributed by atoms with Gasteiger partial charge in [-0.1, -0.05) is 6.92 Å². The molecule has 1 amide bonds. The molecule has 0 saturated carbocycles. The topological polar surface area (TPSA) is 76.1 Å². The van der Waals surface area contributed by atoms with Gasteiger partial charge in [0, 0.05) is 19.6 Å². The van der Waals surface area contributed by atoms with Gasteiger partial charge < -0.3 is 14.6 Å². The van der Waals surface area contributed by atoms with Crippen LogP contribution >= 0.6 is 0 Å². The third-order valence-corrected chi connectivity index (χ3v) is 2.98. The minimum Gasteiger partial charge on any atom is -0.479 e. The van der Waals surface area contributed by atoms with Crippen LogP contribution in [0.25, 0.3) is 0 Å². The van der Waals surface area contributed by atoms with Gasteiger partial charge in [0.15, 0.2) is 5.54 Å². The fraction of sp³-hybridized carbons (Fsp3) is 0.846. The molecule has 0 aromatic rings. The van der Waals surface area contributed by atoms with E-state index < -0.39 is 23.2 Å². The Hall–Kier alpha value is -1.30. The van der Waals surface area contributed by atoms with Crippen molar-refractivity contribution in [3.63, 3.8) is 0 Å². The highest BCUT2D eigenvalue weighted by atomic mass is 16.6. The summed E-state index contributed by atoms with van der Waals surface area (Å²) in [6.45, 7) is 7.86. The van der Waals surface area contributed by atoms with Gasteiger partial charge >= 0.3 is 12.1 Å². The normalized spacial score (nSPS) is 23.2. The van der Waals surface area contributed by atoms with Gasteiger partial charge in [0.1, 0.15) is 5.60 Å². The molecule has 6 heteroatoms. The summed E-state index contributed by atoms with van der Waals surface area (Å²) in [6.07, 6.45) is 0.359. The van der Waals surface area contributed by atoms with Crippen molar-refractivity contribution in [3.8, 4) is 0 Å². The van der Waals surface area contributed by atoms with Gasteiger partial charge in [0.25, 0.3) is 0 Å². The van der Waals surface area contributed by atoms with Gasteiger partial charge in [0.05, 0.1) is 6.61 Å². The second kappa shape index (κ2) is 5.77. The molecule has 19 heavy (non-hydrogen) atoms. The van der Waals surface area contributed by atoms with E-state index >= 15 is 0 Å². The standard InChI is InChI=1S/C13H23NO5/c1-5-7-14(11(17)19-12(2,3)4)13(10(15)16)6-8-18-9-13/h5-9H2,1-4H3,(H,15,16). The summed E-state index contributed by atoms with van der Waals surface area (Å²) in [6, 6.07) is 0. The summed E-state index contributed by atoms with van der Waals surface area (Å²) in [4.78, 5) is 25.1. The molecule has 1 heterocycles. The van der Waals surface area contributed by atoms with Crippen LogP contribution in [0.1, 0.15) is 40.5 Å². The van der Waals surface area contributed by atoms with E-state index in [1.807, 2.05) is 6.92 Å². The maximum absolute atomic E-state index is 12.2. The van der Waals surface area contributed by atoms with E-state index in [1.54, 1.807) is 20.8 Å². The first-order valence-corrected chi connectivity index (χ1v) is 6.55. The SMILES string of the molecule is CCCN(C(=O)OC(C)(C)C)C1(C(=O)O)CCOC1. The third kappa shape index (κ3) is 3.59. The van der Waals surface area contributed by atoms with Crippen molar-refractivity contribution in [1.29, 1.82) is 0 Å². The molecule has 0 radical (unpaired) electrons. The lowest BCUT2D eigenvalue weighted by Gasteiger charge is -2.37. The van der Waals surface area contributed by atoms with Crippen LogP contribution in [-0.4, -0.2) is 53.0 Å². The first-order chi connectivity index (χ1) is 8.73. The Morgan fingerprint density at radius 3 is 2.42 bits per heavy atom. The van der Waals surface area contributed by atoms with Crippen LogP contribution in [0.2, 0.25) is 0 Å². The Kier molecular flexibility index (Phi) is 4.79. The number of hydrogen-bond donors (Lipinski definition) is 1. The number of carboxylic acids is 1. The van der Waals surface area contributed by atoms with E-state index in [1.165, 1.54) is 4.90 Å². The Bertz CT molecular complexity index is 341. The lowest BCUT2D eigenvalue weighted by atomic mass is 9.96. The number of aliphatic carboxylic acids is 1. The molecule has 110 valence electrons. The van der Waals surface area contributed by atoms with Crippen LogP contribution in [0.4, 0.5) is 4.79 Å². The number of hydrogen-bond acceptors (Lipinski definition) is 4. The fourth-order valence-corrected chi connectivity index (χ4v) is 2.07. The lowest BCUT2D eigenvalue weighted by Crippen LogP contribution is -2.58. The predicted octanol–water partition coefficient (Wildman–Crippen LogP) is 1.88. The zero-order valence-electron chi connectivity index (χ0n) is 12.1. The number of amides is 1. The summed E-state index contributed by atoms with van der Waals surface area (Å²) in [7, 11) is 0. The molecule has 1 aliphatic heterocycles. The molecule has 0 aliphatic carbocycles. The smallest absolute Gasteiger partial charge is 0.411 e. The van der Waals surface area contributed by atoms with Gasteiger partial charge in [0.2, 0.25) is 0 Å².